The quantitative estimate of drug-likeness (QED) is 0.724. The summed E-state index contributed by atoms with van der Waals surface area (Å²) in [5, 5.41) is 13.8. The summed E-state index contributed by atoms with van der Waals surface area (Å²) in [5.41, 5.74) is 2.91. The first-order valence-corrected chi connectivity index (χ1v) is 8.47. The number of benzene rings is 1. The number of aromatic nitrogens is 4. The Hall–Kier alpha value is -2.19. The Bertz CT molecular complexity index is 927. The van der Waals surface area contributed by atoms with E-state index in [1.165, 1.54) is 18.1 Å². The van der Waals surface area contributed by atoms with Crippen molar-refractivity contribution in [1.82, 2.24) is 19.7 Å². The zero-order valence-corrected chi connectivity index (χ0v) is 14.0. The molecule has 1 aliphatic heterocycles. The lowest BCUT2D eigenvalue weighted by Crippen LogP contribution is -2.05. The maximum Gasteiger partial charge on any atom is 0.357 e. The molecule has 1 aromatic carbocycles. The largest absolute Gasteiger partial charge is 0.476 e. The first-order valence-electron chi connectivity index (χ1n) is 6.69. The summed E-state index contributed by atoms with van der Waals surface area (Å²) in [6, 6.07) is 7.70. The van der Waals surface area contributed by atoms with Crippen molar-refractivity contribution in [2.45, 2.75) is 10.6 Å². The van der Waals surface area contributed by atoms with E-state index in [-0.39, 0.29) is 5.69 Å². The van der Waals surface area contributed by atoms with Crippen LogP contribution in [0.25, 0.3) is 17.1 Å². The van der Waals surface area contributed by atoms with E-state index >= 15 is 0 Å². The van der Waals surface area contributed by atoms with Gasteiger partial charge in [0.05, 0.1) is 10.6 Å². The van der Waals surface area contributed by atoms with Crippen LogP contribution in [0, 0.1) is 0 Å². The van der Waals surface area contributed by atoms with E-state index in [1.54, 1.807) is 16.9 Å². The van der Waals surface area contributed by atoms with Crippen LogP contribution in [-0.4, -0.2) is 30.8 Å². The topological polar surface area (TPSA) is 80.9 Å². The fourth-order valence-corrected chi connectivity index (χ4v) is 4.05. The highest BCUT2D eigenvalue weighted by Crippen LogP contribution is 2.44. The summed E-state index contributed by atoms with van der Waals surface area (Å²) in [6.07, 6.45) is 3.02. The molecule has 6 nitrogen and oxygen atoms in total. The van der Waals surface area contributed by atoms with Gasteiger partial charge in [0, 0.05) is 28.1 Å². The molecule has 0 amide bonds. The molecular weight excluding hydrogens is 380 g/mol. The van der Waals surface area contributed by atoms with Crippen LogP contribution in [0.5, 0.6) is 0 Å². The summed E-state index contributed by atoms with van der Waals surface area (Å²) < 4.78 is 2.51. The Morgan fingerprint density at radius 3 is 2.96 bits per heavy atom. The Kier molecular flexibility index (Phi) is 3.42. The maximum absolute atomic E-state index is 11.6. The van der Waals surface area contributed by atoms with E-state index in [4.69, 9.17) is 0 Å². The van der Waals surface area contributed by atoms with E-state index in [1.807, 2.05) is 18.2 Å². The average molecular weight is 389 g/mol. The number of carboxylic acid groups (broad SMARTS) is 1. The first-order chi connectivity index (χ1) is 11.1. The van der Waals surface area contributed by atoms with Crippen molar-refractivity contribution in [2.75, 3.05) is 0 Å². The third kappa shape index (κ3) is 2.34. The minimum absolute atomic E-state index is 0.0502. The first kappa shape index (κ1) is 14.4. The van der Waals surface area contributed by atoms with Gasteiger partial charge in [-0.05, 0) is 17.7 Å². The van der Waals surface area contributed by atoms with Crippen molar-refractivity contribution in [2.24, 2.45) is 0 Å². The van der Waals surface area contributed by atoms with Gasteiger partial charge in [-0.1, -0.05) is 22.0 Å². The molecule has 0 atom stereocenters. The molecule has 8 heteroatoms. The summed E-state index contributed by atoms with van der Waals surface area (Å²) in [7, 11) is 0. The van der Waals surface area contributed by atoms with Crippen LogP contribution >= 0.6 is 27.7 Å². The van der Waals surface area contributed by atoms with Gasteiger partial charge in [-0.15, -0.1) is 11.8 Å². The zero-order valence-electron chi connectivity index (χ0n) is 11.6. The molecule has 23 heavy (non-hydrogen) atoms. The molecule has 3 heterocycles. The highest BCUT2D eigenvalue weighted by atomic mass is 79.9. The number of hydrogen-bond donors (Lipinski definition) is 1. The fraction of sp³-hybridized carbons (Fsp3) is 0.0667. The Morgan fingerprint density at radius 1 is 1.35 bits per heavy atom. The summed E-state index contributed by atoms with van der Waals surface area (Å²) in [5.74, 6) is 0.211. The van der Waals surface area contributed by atoms with E-state index in [0.717, 1.165) is 21.3 Å². The lowest BCUT2D eigenvalue weighted by Gasteiger charge is -2.18. The molecule has 0 saturated carbocycles. The molecule has 3 aromatic rings. The molecule has 0 radical (unpaired) electrons. The molecule has 114 valence electrons. The number of halogens is 1. The van der Waals surface area contributed by atoms with Crippen LogP contribution < -0.4 is 0 Å². The van der Waals surface area contributed by atoms with Crippen molar-refractivity contribution in [3.8, 4) is 17.1 Å². The molecule has 1 aliphatic rings. The second-order valence-corrected chi connectivity index (χ2v) is 6.80. The maximum atomic E-state index is 11.6. The number of rotatable bonds is 2. The van der Waals surface area contributed by atoms with Crippen LogP contribution in [0.2, 0.25) is 0 Å². The molecule has 1 N–H and O–H groups in total. The number of hydrogen-bond acceptors (Lipinski definition) is 5. The number of nitrogens with zero attached hydrogens (tertiary/aromatic N) is 4. The zero-order chi connectivity index (χ0) is 16.0. The van der Waals surface area contributed by atoms with Gasteiger partial charge < -0.3 is 5.11 Å². The van der Waals surface area contributed by atoms with Gasteiger partial charge in [-0.25, -0.2) is 19.4 Å². The third-order valence-electron chi connectivity index (χ3n) is 3.53. The van der Waals surface area contributed by atoms with Crippen molar-refractivity contribution in [3.63, 3.8) is 0 Å². The number of thioether (sulfide) groups is 1. The number of carbonyl (C=O) groups is 1. The van der Waals surface area contributed by atoms with Crippen molar-refractivity contribution < 1.29 is 9.90 Å². The van der Waals surface area contributed by atoms with Gasteiger partial charge in [0.2, 0.25) is 0 Å². The highest BCUT2D eigenvalue weighted by molar-refractivity contribution is 9.10. The van der Waals surface area contributed by atoms with Gasteiger partial charge >= 0.3 is 5.97 Å². The fourth-order valence-electron chi connectivity index (χ4n) is 2.54. The normalized spacial score (nSPS) is 12.6. The number of aromatic carboxylic acids is 1. The van der Waals surface area contributed by atoms with Crippen molar-refractivity contribution >= 4 is 33.7 Å². The number of fused-ring (bicyclic) bond motifs is 3. The van der Waals surface area contributed by atoms with Crippen LogP contribution in [0.1, 0.15) is 16.1 Å². The predicted octanol–water partition coefficient (Wildman–Crippen LogP) is 3.40. The van der Waals surface area contributed by atoms with Crippen LogP contribution in [0.15, 0.2) is 46.2 Å². The minimum atomic E-state index is -1.04. The molecule has 0 aliphatic carbocycles. The van der Waals surface area contributed by atoms with Gasteiger partial charge in [0.1, 0.15) is 6.33 Å². The monoisotopic (exact) mass is 388 g/mol. The van der Waals surface area contributed by atoms with Gasteiger partial charge in [-0.2, -0.15) is 5.10 Å². The standard InChI is InChI=1S/C15H9BrN4O2S/c16-9-2-1-8-6-23-14-12(15(21)22)19-20(13(14)10(8)5-9)11-3-4-17-7-18-11/h1-5,7H,6H2,(H,21,22). The second kappa shape index (κ2) is 5.47. The Morgan fingerprint density at radius 2 is 2.22 bits per heavy atom. The molecule has 0 unspecified atom stereocenters. The molecule has 0 fully saturated rings. The second-order valence-electron chi connectivity index (χ2n) is 4.90. The summed E-state index contributed by atoms with van der Waals surface area (Å²) >= 11 is 4.97. The van der Waals surface area contributed by atoms with Gasteiger partial charge in [0.25, 0.3) is 0 Å². The smallest absolute Gasteiger partial charge is 0.357 e. The molecule has 4 rings (SSSR count). The van der Waals surface area contributed by atoms with Crippen LogP contribution in [0.4, 0.5) is 0 Å². The Balaban J connectivity index is 2.05. The molecule has 0 spiro atoms. The summed E-state index contributed by atoms with van der Waals surface area (Å²) in [4.78, 5) is 20.3. The number of carboxylic acids is 1. The van der Waals surface area contributed by atoms with Crippen molar-refractivity contribution in [1.29, 1.82) is 0 Å². The SMILES string of the molecule is O=C(O)c1nn(-c2ccncn2)c2c1SCc1ccc(Br)cc1-2. The van der Waals surface area contributed by atoms with E-state index in [9.17, 15) is 9.90 Å². The van der Waals surface area contributed by atoms with Gasteiger partial charge in [0.15, 0.2) is 11.5 Å². The molecule has 2 aromatic heterocycles. The third-order valence-corrected chi connectivity index (χ3v) is 5.15. The summed E-state index contributed by atoms with van der Waals surface area (Å²) in [6.45, 7) is 0. The minimum Gasteiger partial charge on any atom is -0.476 e. The van der Waals surface area contributed by atoms with Crippen LogP contribution in [0.3, 0.4) is 0 Å². The van der Waals surface area contributed by atoms with E-state index in [2.05, 4.69) is 31.0 Å². The van der Waals surface area contributed by atoms with E-state index < -0.39 is 5.97 Å². The highest BCUT2D eigenvalue weighted by Gasteiger charge is 2.29. The molecule has 0 saturated heterocycles. The lowest BCUT2D eigenvalue weighted by molar-refractivity contribution is 0.0686. The van der Waals surface area contributed by atoms with E-state index in [0.29, 0.717) is 16.5 Å². The Labute approximate surface area is 143 Å². The predicted molar refractivity (Wildman–Crippen MR) is 88.8 cm³/mol. The van der Waals surface area contributed by atoms with Crippen molar-refractivity contribution in [3.05, 3.63) is 52.5 Å². The lowest BCUT2D eigenvalue weighted by atomic mass is 10.0. The molecule has 0 bridgehead atoms. The van der Waals surface area contributed by atoms with Crippen LogP contribution in [-0.2, 0) is 5.75 Å². The average Bonchev–Trinajstić information content (AvgIpc) is 2.96. The molecular formula is C15H9BrN4O2S. The van der Waals surface area contributed by atoms with Gasteiger partial charge in [-0.3, -0.25) is 0 Å².